The molecule has 30 heavy (non-hydrogen) atoms. The molecule has 0 amide bonds. The fourth-order valence-electron chi connectivity index (χ4n) is 1.94. The van der Waals surface area contributed by atoms with Crippen molar-refractivity contribution in [2.75, 3.05) is 28.4 Å². The van der Waals surface area contributed by atoms with E-state index in [1.807, 2.05) is 0 Å². The normalized spacial score (nSPS) is 10.1. The Morgan fingerprint density at radius 3 is 1.07 bits per heavy atom. The zero-order valence-corrected chi connectivity index (χ0v) is 16.8. The topological polar surface area (TPSA) is 167 Å². The van der Waals surface area contributed by atoms with Crippen LogP contribution in [0.3, 0.4) is 0 Å². The van der Waals surface area contributed by atoms with Gasteiger partial charge in [-0.15, -0.1) is 29.9 Å². The molecule has 0 unspecified atom stereocenters. The van der Waals surface area contributed by atoms with Gasteiger partial charge in [0.15, 0.2) is 0 Å². The number of ether oxygens (including phenoxy) is 6. The van der Waals surface area contributed by atoms with E-state index >= 15 is 0 Å². The zero-order chi connectivity index (χ0) is 21.9. The SMILES string of the molecule is COc1nc(OC)nc(OC(=O)CCCCC(=O)Oc2nc(OC)nc(OC)n2)n1. The van der Waals surface area contributed by atoms with E-state index in [0.29, 0.717) is 12.8 Å². The molecule has 14 heteroatoms. The maximum absolute atomic E-state index is 11.9. The molecule has 0 saturated carbocycles. The lowest BCUT2D eigenvalue weighted by Gasteiger charge is -2.06. The van der Waals surface area contributed by atoms with E-state index in [4.69, 9.17) is 28.4 Å². The standard InChI is InChI=1S/C16H20N6O8/c1-25-11-17-12(26-2)20-15(19-11)29-9(23)7-5-6-8-10(24)30-16-21-13(27-3)18-14(22-16)28-4/h5-8H2,1-4H3. The third kappa shape index (κ3) is 6.96. The van der Waals surface area contributed by atoms with Gasteiger partial charge in [0.1, 0.15) is 0 Å². The molecule has 0 spiro atoms. The number of aromatic nitrogens is 6. The van der Waals surface area contributed by atoms with Crippen molar-refractivity contribution in [3.63, 3.8) is 0 Å². The molecule has 2 rings (SSSR count). The van der Waals surface area contributed by atoms with Gasteiger partial charge in [-0.1, -0.05) is 0 Å². The molecule has 0 bridgehead atoms. The highest BCUT2D eigenvalue weighted by Crippen LogP contribution is 2.16. The number of carbonyl (C=O) groups is 2. The van der Waals surface area contributed by atoms with Crippen LogP contribution < -0.4 is 28.4 Å². The Morgan fingerprint density at radius 2 is 0.800 bits per heavy atom. The van der Waals surface area contributed by atoms with Gasteiger partial charge in [0, 0.05) is 12.8 Å². The third-order valence-electron chi connectivity index (χ3n) is 3.30. The molecule has 0 aliphatic rings. The molecule has 0 aromatic carbocycles. The second kappa shape index (κ2) is 11.2. The first-order valence-corrected chi connectivity index (χ1v) is 8.56. The van der Waals surface area contributed by atoms with Crippen LogP contribution in [0, 0.1) is 0 Å². The lowest BCUT2D eigenvalue weighted by atomic mass is 10.2. The van der Waals surface area contributed by atoms with E-state index in [-0.39, 0.29) is 48.9 Å². The van der Waals surface area contributed by atoms with Gasteiger partial charge in [0.05, 0.1) is 28.4 Å². The lowest BCUT2D eigenvalue weighted by Crippen LogP contribution is -2.13. The van der Waals surface area contributed by atoms with Crippen LogP contribution in [0.5, 0.6) is 36.1 Å². The summed E-state index contributed by atoms with van der Waals surface area (Å²) in [5.74, 6) is -1.18. The molecule has 2 heterocycles. The van der Waals surface area contributed by atoms with E-state index in [9.17, 15) is 9.59 Å². The maximum atomic E-state index is 11.9. The number of carbonyl (C=O) groups excluding carboxylic acids is 2. The lowest BCUT2D eigenvalue weighted by molar-refractivity contribution is -0.137. The number of rotatable bonds is 11. The van der Waals surface area contributed by atoms with Gasteiger partial charge in [-0.3, -0.25) is 9.59 Å². The highest BCUT2D eigenvalue weighted by Gasteiger charge is 2.15. The van der Waals surface area contributed by atoms with Crippen LogP contribution in [0.2, 0.25) is 0 Å². The van der Waals surface area contributed by atoms with Crippen LogP contribution in [0.25, 0.3) is 0 Å². The minimum Gasteiger partial charge on any atom is -0.467 e. The van der Waals surface area contributed by atoms with Crippen molar-refractivity contribution in [3.8, 4) is 36.1 Å². The summed E-state index contributed by atoms with van der Waals surface area (Å²) in [4.78, 5) is 46.6. The first-order valence-electron chi connectivity index (χ1n) is 8.56. The van der Waals surface area contributed by atoms with Gasteiger partial charge in [0.2, 0.25) is 0 Å². The number of nitrogens with zero attached hydrogens (tertiary/aromatic N) is 6. The minimum absolute atomic E-state index is 0.0248. The Labute approximate surface area is 170 Å². The molecule has 0 saturated heterocycles. The van der Waals surface area contributed by atoms with E-state index in [1.54, 1.807) is 0 Å². The minimum atomic E-state index is -0.592. The summed E-state index contributed by atoms with van der Waals surface area (Å²) in [6.07, 6.45) is 0.766. The smallest absolute Gasteiger partial charge is 0.333 e. The quantitative estimate of drug-likeness (QED) is 0.353. The molecule has 0 radical (unpaired) electrons. The van der Waals surface area contributed by atoms with Gasteiger partial charge < -0.3 is 28.4 Å². The van der Waals surface area contributed by atoms with Crippen LogP contribution in [-0.4, -0.2) is 70.3 Å². The van der Waals surface area contributed by atoms with E-state index in [0.717, 1.165) is 0 Å². The van der Waals surface area contributed by atoms with Crippen LogP contribution in [0.4, 0.5) is 0 Å². The molecular formula is C16H20N6O8. The highest BCUT2D eigenvalue weighted by atomic mass is 16.6. The average molecular weight is 424 g/mol. The number of unbranched alkanes of at least 4 members (excludes halogenated alkanes) is 1. The van der Waals surface area contributed by atoms with Crippen molar-refractivity contribution in [2.45, 2.75) is 25.7 Å². The summed E-state index contributed by atoms with van der Waals surface area (Å²) in [5, 5.41) is 0. The molecule has 0 aliphatic carbocycles. The van der Waals surface area contributed by atoms with Crippen molar-refractivity contribution in [2.24, 2.45) is 0 Å². The summed E-state index contributed by atoms with van der Waals surface area (Å²) in [6, 6.07) is -0.724. The molecule has 2 aromatic heterocycles. The van der Waals surface area contributed by atoms with Crippen LogP contribution in [0.15, 0.2) is 0 Å². The van der Waals surface area contributed by atoms with Crippen molar-refractivity contribution in [1.82, 2.24) is 29.9 Å². The fourth-order valence-corrected chi connectivity index (χ4v) is 1.94. The highest BCUT2D eigenvalue weighted by molar-refractivity contribution is 5.72. The largest absolute Gasteiger partial charge is 0.467 e. The van der Waals surface area contributed by atoms with Crippen molar-refractivity contribution >= 4 is 11.9 Å². The van der Waals surface area contributed by atoms with Crippen LogP contribution in [0.1, 0.15) is 25.7 Å². The summed E-state index contributed by atoms with van der Waals surface area (Å²) in [7, 11) is 5.40. The first-order chi connectivity index (χ1) is 14.5. The number of hydrogen-bond donors (Lipinski definition) is 0. The van der Waals surface area contributed by atoms with Gasteiger partial charge in [-0.25, -0.2) is 0 Å². The van der Waals surface area contributed by atoms with Gasteiger partial charge in [0.25, 0.3) is 0 Å². The second-order valence-electron chi connectivity index (χ2n) is 5.34. The first kappa shape index (κ1) is 22.4. The van der Waals surface area contributed by atoms with E-state index in [1.165, 1.54) is 28.4 Å². The van der Waals surface area contributed by atoms with Crippen LogP contribution in [-0.2, 0) is 9.59 Å². The molecule has 2 aromatic rings. The number of methoxy groups -OCH3 is 4. The molecule has 0 aliphatic heterocycles. The monoisotopic (exact) mass is 424 g/mol. The Morgan fingerprint density at radius 1 is 0.533 bits per heavy atom. The van der Waals surface area contributed by atoms with Crippen LogP contribution >= 0.6 is 0 Å². The van der Waals surface area contributed by atoms with E-state index < -0.39 is 11.9 Å². The van der Waals surface area contributed by atoms with Crippen molar-refractivity contribution in [3.05, 3.63) is 0 Å². The molecule has 0 atom stereocenters. The van der Waals surface area contributed by atoms with Gasteiger partial charge >= 0.3 is 48.0 Å². The summed E-state index contributed by atoms with van der Waals surface area (Å²) in [6.45, 7) is 0. The molecular weight excluding hydrogens is 404 g/mol. The summed E-state index contributed by atoms with van der Waals surface area (Å²) >= 11 is 0. The van der Waals surface area contributed by atoms with Gasteiger partial charge in [-0.05, 0) is 12.8 Å². The van der Waals surface area contributed by atoms with Gasteiger partial charge in [-0.2, -0.15) is 0 Å². The van der Waals surface area contributed by atoms with Crippen molar-refractivity contribution < 1.29 is 38.0 Å². The van der Waals surface area contributed by atoms with E-state index in [2.05, 4.69) is 29.9 Å². The average Bonchev–Trinajstić information content (AvgIpc) is 2.75. The van der Waals surface area contributed by atoms with Crippen molar-refractivity contribution in [1.29, 1.82) is 0 Å². The summed E-state index contributed by atoms with van der Waals surface area (Å²) < 4.78 is 29.5. The number of hydrogen-bond acceptors (Lipinski definition) is 14. The Bertz CT molecular complexity index is 765. The summed E-state index contributed by atoms with van der Waals surface area (Å²) in [5.41, 5.74) is 0. The molecule has 14 nitrogen and oxygen atoms in total. The Balaban J connectivity index is 1.77. The molecule has 0 N–H and O–H groups in total. The fraction of sp³-hybridized carbons (Fsp3) is 0.500. The predicted octanol–water partition coefficient (Wildman–Crippen LogP) is 0.162. The number of esters is 2. The third-order valence-corrected chi connectivity index (χ3v) is 3.30. The Hall–Kier alpha value is -3.84. The molecule has 162 valence electrons. The predicted molar refractivity (Wildman–Crippen MR) is 95.6 cm³/mol. The Kier molecular flexibility index (Phi) is 8.40. The second-order valence-corrected chi connectivity index (χ2v) is 5.34. The maximum Gasteiger partial charge on any atom is 0.333 e. The molecule has 0 fully saturated rings. The zero-order valence-electron chi connectivity index (χ0n) is 16.8.